The Kier molecular flexibility index (Phi) is 4.25. The SMILES string of the molecule is N#Cc1cccc(C(=O)Nc2nc(-c3ccc4c(c3)OCCO4)cs2)c1. The Morgan fingerprint density at radius 2 is 2.00 bits per heavy atom. The first-order chi connectivity index (χ1) is 12.7. The minimum absolute atomic E-state index is 0.301. The van der Waals surface area contributed by atoms with Gasteiger partial charge in [0, 0.05) is 16.5 Å². The number of hydrogen-bond donors (Lipinski definition) is 1. The van der Waals surface area contributed by atoms with E-state index in [1.54, 1.807) is 24.3 Å². The number of nitrogens with one attached hydrogen (secondary N) is 1. The number of carbonyl (C=O) groups excluding carboxylic acids is 1. The Hall–Kier alpha value is -3.37. The molecule has 0 spiro atoms. The summed E-state index contributed by atoms with van der Waals surface area (Å²) in [6, 6.07) is 14.2. The molecule has 26 heavy (non-hydrogen) atoms. The summed E-state index contributed by atoms with van der Waals surface area (Å²) in [5.41, 5.74) is 2.49. The lowest BCUT2D eigenvalue weighted by Gasteiger charge is -2.18. The molecule has 3 aromatic rings. The molecule has 4 rings (SSSR count). The standard InChI is InChI=1S/C19H13N3O3S/c20-10-12-2-1-3-14(8-12)18(23)22-19-21-15(11-26-19)13-4-5-16-17(9-13)25-7-6-24-16/h1-5,8-9,11H,6-7H2,(H,21,22,23). The molecule has 0 fully saturated rings. The largest absolute Gasteiger partial charge is 0.486 e. The van der Waals surface area contributed by atoms with Gasteiger partial charge in [0.15, 0.2) is 16.6 Å². The molecule has 2 heterocycles. The second-order valence-corrected chi connectivity index (χ2v) is 6.40. The maximum atomic E-state index is 12.3. The zero-order chi connectivity index (χ0) is 17.9. The van der Waals surface area contributed by atoms with Gasteiger partial charge in [-0.05, 0) is 36.4 Å². The Morgan fingerprint density at radius 3 is 2.85 bits per heavy atom. The number of rotatable bonds is 3. The van der Waals surface area contributed by atoms with Gasteiger partial charge in [-0.2, -0.15) is 5.26 Å². The van der Waals surface area contributed by atoms with Crippen molar-refractivity contribution < 1.29 is 14.3 Å². The predicted molar refractivity (Wildman–Crippen MR) is 97.7 cm³/mol. The molecule has 0 radical (unpaired) electrons. The van der Waals surface area contributed by atoms with Crippen LogP contribution in [0.2, 0.25) is 0 Å². The van der Waals surface area contributed by atoms with E-state index < -0.39 is 0 Å². The second-order valence-electron chi connectivity index (χ2n) is 5.54. The van der Waals surface area contributed by atoms with Gasteiger partial charge in [0.05, 0.1) is 17.3 Å². The number of benzene rings is 2. The third-order valence-corrected chi connectivity index (χ3v) is 4.57. The summed E-state index contributed by atoms with van der Waals surface area (Å²) in [6.45, 7) is 1.07. The first-order valence-electron chi connectivity index (χ1n) is 7.90. The first kappa shape index (κ1) is 16.1. The molecule has 1 aliphatic rings. The van der Waals surface area contributed by atoms with Crippen LogP contribution >= 0.6 is 11.3 Å². The van der Waals surface area contributed by atoms with Crippen molar-refractivity contribution in [3.8, 4) is 28.8 Å². The van der Waals surface area contributed by atoms with E-state index in [1.807, 2.05) is 29.6 Å². The first-order valence-corrected chi connectivity index (χ1v) is 8.78. The zero-order valence-electron chi connectivity index (χ0n) is 13.6. The van der Waals surface area contributed by atoms with E-state index in [2.05, 4.69) is 10.3 Å². The van der Waals surface area contributed by atoms with E-state index in [1.165, 1.54) is 11.3 Å². The van der Waals surface area contributed by atoms with Gasteiger partial charge in [0.25, 0.3) is 5.91 Å². The molecule has 128 valence electrons. The van der Waals surface area contributed by atoms with Gasteiger partial charge < -0.3 is 9.47 Å². The third kappa shape index (κ3) is 3.23. The van der Waals surface area contributed by atoms with Crippen LogP contribution in [0.5, 0.6) is 11.5 Å². The summed E-state index contributed by atoms with van der Waals surface area (Å²) >= 11 is 1.33. The van der Waals surface area contributed by atoms with Crippen molar-refractivity contribution in [1.29, 1.82) is 5.26 Å². The predicted octanol–water partition coefficient (Wildman–Crippen LogP) is 3.71. The average Bonchev–Trinajstić information content (AvgIpc) is 3.16. The molecule has 7 heteroatoms. The normalized spacial score (nSPS) is 12.3. The van der Waals surface area contributed by atoms with Crippen molar-refractivity contribution in [2.45, 2.75) is 0 Å². The molecule has 1 N–H and O–H groups in total. The number of aromatic nitrogens is 1. The Morgan fingerprint density at radius 1 is 1.15 bits per heavy atom. The van der Waals surface area contributed by atoms with Gasteiger partial charge in [-0.3, -0.25) is 10.1 Å². The Bertz CT molecular complexity index is 1020. The molecule has 6 nitrogen and oxygen atoms in total. The van der Waals surface area contributed by atoms with Crippen molar-refractivity contribution >= 4 is 22.4 Å². The smallest absolute Gasteiger partial charge is 0.257 e. The molecule has 1 aliphatic heterocycles. The zero-order valence-corrected chi connectivity index (χ0v) is 14.4. The highest BCUT2D eigenvalue weighted by atomic mass is 32.1. The highest BCUT2D eigenvalue weighted by molar-refractivity contribution is 7.14. The molecule has 0 saturated carbocycles. The van der Waals surface area contributed by atoms with E-state index in [4.69, 9.17) is 14.7 Å². The van der Waals surface area contributed by atoms with E-state index in [0.29, 0.717) is 35.2 Å². The van der Waals surface area contributed by atoms with E-state index >= 15 is 0 Å². The molecular weight excluding hydrogens is 350 g/mol. The number of nitriles is 1. The lowest BCUT2D eigenvalue weighted by Crippen LogP contribution is -2.15. The Labute approximate surface area is 153 Å². The minimum atomic E-state index is -0.301. The van der Waals surface area contributed by atoms with E-state index in [9.17, 15) is 4.79 Å². The average molecular weight is 363 g/mol. The van der Waals surface area contributed by atoms with Gasteiger partial charge in [0.1, 0.15) is 13.2 Å². The number of carbonyl (C=O) groups is 1. The fraction of sp³-hybridized carbons (Fsp3) is 0.105. The van der Waals surface area contributed by atoms with Crippen LogP contribution in [0.1, 0.15) is 15.9 Å². The van der Waals surface area contributed by atoms with E-state index in [0.717, 1.165) is 17.0 Å². The quantitative estimate of drug-likeness (QED) is 0.767. The monoisotopic (exact) mass is 363 g/mol. The van der Waals surface area contributed by atoms with Gasteiger partial charge in [-0.1, -0.05) is 6.07 Å². The van der Waals surface area contributed by atoms with Crippen LogP contribution < -0.4 is 14.8 Å². The summed E-state index contributed by atoms with van der Waals surface area (Å²) in [4.78, 5) is 16.8. The summed E-state index contributed by atoms with van der Waals surface area (Å²) in [5.74, 6) is 1.12. The summed E-state index contributed by atoms with van der Waals surface area (Å²) < 4.78 is 11.1. The lowest BCUT2D eigenvalue weighted by molar-refractivity contribution is 0.102. The molecule has 0 saturated heterocycles. The van der Waals surface area contributed by atoms with Crippen LogP contribution in [-0.4, -0.2) is 24.1 Å². The number of hydrogen-bond acceptors (Lipinski definition) is 6. The van der Waals surface area contributed by atoms with Crippen molar-refractivity contribution in [3.63, 3.8) is 0 Å². The molecule has 0 aliphatic carbocycles. The van der Waals surface area contributed by atoms with Crippen molar-refractivity contribution in [2.24, 2.45) is 0 Å². The van der Waals surface area contributed by atoms with Gasteiger partial charge in [-0.25, -0.2) is 4.98 Å². The molecule has 1 aromatic heterocycles. The molecule has 0 unspecified atom stereocenters. The number of nitrogens with zero attached hydrogens (tertiary/aromatic N) is 2. The van der Waals surface area contributed by atoms with E-state index in [-0.39, 0.29) is 5.91 Å². The highest BCUT2D eigenvalue weighted by Gasteiger charge is 2.15. The van der Waals surface area contributed by atoms with Crippen LogP contribution in [0.15, 0.2) is 47.8 Å². The topological polar surface area (TPSA) is 84.2 Å². The summed E-state index contributed by atoms with van der Waals surface area (Å²) in [5, 5.41) is 14.1. The fourth-order valence-corrected chi connectivity index (χ4v) is 3.28. The van der Waals surface area contributed by atoms with Crippen LogP contribution in [0.25, 0.3) is 11.3 Å². The van der Waals surface area contributed by atoms with Crippen LogP contribution in [-0.2, 0) is 0 Å². The van der Waals surface area contributed by atoms with Crippen molar-refractivity contribution in [2.75, 3.05) is 18.5 Å². The van der Waals surface area contributed by atoms with Crippen molar-refractivity contribution in [3.05, 3.63) is 59.0 Å². The third-order valence-electron chi connectivity index (χ3n) is 3.82. The number of anilines is 1. The fourth-order valence-electron chi connectivity index (χ4n) is 2.57. The maximum absolute atomic E-state index is 12.3. The molecule has 0 bridgehead atoms. The van der Waals surface area contributed by atoms with Gasteiger partial charge in [-0.15, -0.1) is 11.3 Å². The molecule has 1 amide bonds. The highest BCUT2D eigenvalue weighted by Crippen LogP contribution is 2.35. The number of amides is 1. The molecule has 0 atom stereocenters. The van der Waals surface area contributed by atoms with Crippen LogP contribution in [0, 0.1) is 11.3 Å². The number of thiazole rings is 1. The van der Waals surface area contributed by atoms with Crippen molar-refractivity contribution in [1.82, 2.24) is 4.98 Å². The lowest BCUT2D eigenvalue weighted by atomic mass is 10.1. The molecular formula is C19H13N3O3S. The molecule has 2 aromatic carbocycles. The minimum Gasteiger partial charge on any atom is -0.486 e. The number of ether oxygens (including phenoxy) is 2. The Balaban J connectivity index is 1.53. The van der Waals surface area contributed by atoms with Gasteiger partial charge >= 0.3 is 0 Å². The van der Waals surface area contributed by atoms with Crippen LogP contribution in [0.4, 0.5) is 5.13 Å². The number of fused-ring (bicyclic) bond motifs is 1. The summed E-state index contributed by atoms with van der Waals surface area (Å²) in [6.07, 6.45) is 0. The summed E-state index contributed by atoms with van der Waals surface area (Å²) in [7, 11) is 0. The maximum Gasteiger partial charge on any atom is 0.257 e. The van der Waals surface area contributed by atoms with Gasteiger partial charge in [0.2, 0.25) is 0 Å². The van der Waals surface area contributed by atoms with Crippen LogP contribution in [0.3, 0.4) is 0 Å². The second kappa shape index (κ2) is 6.86.